The Labute approximate surface area is 145 Å². The Kier molecular flexibility index (Phi) is 5.66. The van der Waals surface area contributed by atoms with Crippen LogP contribution < -0.4 is 11.1 Å². The van der Waals surface area contributed by atoms with Gasteiger partial charge in [0.05, 0.1) is 23.1 Å². The number of amides is 2. The molecule has 6 nitrogen and oxygen atoms in total. The average Bonchev–Trinajstić information content (AvgIpc) is 2.87. The van der Waals surface area contributed by atoms with Gasteiger partial charge < -0.3 is 11.1 Å². The Bertz CT molecular complexity index is 757. The van der Waals surface area contributed by atoms with Crippen LogP contribution in [0.5, 0.6) is 0 Å². The predicted octanol–water partition coefficient (Wildman–Crippen LogP) is 2.19. The number of hydrogen-bond donors (Lipinski definition) is 2. The zero-order chi connectivity index (χ0) is 17.9. The van der Waals surface area contributed by atoms with Crippen molar-refractivity contribution in [1.29, 1.82) is 0 Å². The van der Waals surface area contributed by atoms with Crippen LogP contribution >= 0.6 is 11.8 Å². The number of nitrogens with two attached hydrogens (primary N) is 1. The summed E-state index contributed by atoms with van der Waals surface area (Å²) in [4.78, 5) is 24.7. The highest BCUT2D eigenvalue weighted by Gasteiger charge is 2.19. The molecule has 0 spiro atoms. The standard InChI is InChI=1S/C17H22N4O2S/c1-10(14-9-19-21(4)11(14)2)20-17(23)13-7-5-6-8-15(13)24-12(3)16(18)22/h5-10,12H,1-4H3,(H2,18,22)(H,20,23)/t10-,12-/m0/s1. The van der Waals surface area contributed by atoms with Crippen molar-refractivity contribution < 1.29 is 9.59 Å². The summed E-state index contributed by atoms with van der Waals surface area (Å²) in [5, 5.41) is 6.79. The Morgan fingerprint density at radius 2 is 1.96 bits per heavy atom. The fourth-order valence-corrected chi connectivity index (χ4v) is 3.24. The van der Waals surface area contributed by atoms with E-state index in [9.17, 15) is 9.59 Å². The number of primary amides is 1. The molecule has 1 aromatic carbocycles. The van der Waals surface area contributed by atoms with E-state index in [0.717, 1.165) is 16.2 Å². The van der Waals surface area contributed by atoms with E-state index >= 15 is 0 Å². The number of carbonyl (C=O) groups excluding carboxylic acids is 2. The first-order valence-corrected chi connectivity index (χ1v) is 8.53. The number of nitrogens with one attached hydrogen (secondary N) is 1. The maximum absolute atomic E-state index is 12.7. The van der Waals surface area contributed by atoms with Gasteiger partial charge in [0.15, 0.2) is 0 Å². The van der Waals surface area contributed by atoms with E-state index in [2.05, 4.69) is 10.4 Å². The molecule has 0 aliphatic rings. The fourth-order valence-electron chi connectivity index (χ4n) is 2.30. The van der Waals surface area contributed by atoms with Crippen LogP contribution in [0.3, 0.4) is 0 Å². The minimum atomic E-state index is -0.408. The van der Waals surface area contributed by atoms with Gasteiger partial charge in [-0.2, -0.15) is 5.10 Å². The first-order chi connectivity index (χ1) is 11.3. The van der Waals surface area contributed by atoms with Gasteiger partial charge in [-0.3, -0.25) is 14.3 Å². The van der Waals surface area contributed by atoms with E-state index < -0.39 is 11.2 Å². The van der Waals surface area contributed by atoms with E-state index in [-0.39, 0.29) is 11.9 Å². The van der Waals surface area contributed by atoms with Crippen molar-refractivity contribution in [2.45, 2.75) is 37.0 Å². The molecule has 2 amide bonds. The highest BCUT2D eigenvalue weighted by atomic mass is 32.2. The Hall–Kier alpha value is -2.28. The summed E-state index contributed by atoms with van der Waals surface area (Å²) < 4.78 is 1.77. The summed E-state index contributed by atoms with van der Waals surface area (Å²) in [5.41, 5.74) is 7.83. The number of thioether (sulfide) groups is 1. The van der Waals surface area contributed by atoms with Crippen LogP contribution in [0.4, 0.5) is 0 Å². The van der Waals surface area contributed by atoms with Crippen molar-refractivity contribution >= 4 is 23.6 Å². The van der Waals surface area contributed by atoms with Crippen molar-refractivity contribution in [3.05, 3.63) is 47.3 Å². The molecule has 3 N–H and O–H groups in total. The van der Waals surface area contributed by atoms with Gasteiger partial charge >= 0.3 is 0 Å². The lowest BCUT2D eigenvalue weighted by Gasteiger charge is -2.16. The molecular formula is C17H22N4O2S. The second-order valence-electron chi connectivity index (χ2n) is 5.66. The van der Waals surface area contributed by atoms with Gasteiger partial charge in [0.25, 0.3) is 5.91 Å². The summed E-state index contributed by atoms with van der Waals surface area (Å²) in [6.07, 6.45) is 1.76. The SMILES string of the molecule is Cc1c([C@H](C)NC(=O)c2ccccc2S[C@@H](C)C(N)=O)cnn1C. The topological polar surface area (TPSA) is 90.0 Å². The predicted molar refractivity (Wildman–Crippen MR) is 94.8 cm³/mol. The van der Waals surface area contributed by atoms with E-state index in [1.807, 2.05) is 33.0 Å². The van der Waals surface area contributed by atoms with E-state index in [0.29, 0.717) is 5.56 Å². The van der Waals surface area contributed by atoms with Crippen LogP contribution in [-0.4, -0.2) is 26.8 Å². The third-order valence-electron chi connectivity index (χ3n) is 3.92. The third kappa shape index (κ3) is 3.97. The lowest BCUT2D eigenvalue weighted by atomic mass is 10.1. The molecule has 2 aromatic rings. The molecule has 0 aliphatic heterocycles. The number of benzene rings is 1. The van der Waals surface area contributed by atoms with E-state index in [4.69, 9.17) is 5.73 Å². The second kappa shape index (κ2) is 7.53. The zero-order valence-electron chi connectivity index (χ0n) is 14.2. The van der Waals surface area contributed by atoms with Gasteiger partial charge in [0, 0.05) is 23.2 Å². The van der Waals surface area contributed by atoms with Gasteiger partial charge in [-0.05, 0) is 32.9 Å². The maximum atomic E-state index is 12.7. The maximum Gasteiger partial charge on any atom is 0.252 e. The lowest BCUT2D eigenvalue weighted by Crippen LogP contribution is -2.28. The van der Waals surface area contributed by atoms with Crippen molar-refractivity contribution in [3.8, 4) is 0 Å². The number of aromatic nitrogens is 2. The lowest BCUT2D eigenvalue weighted by molar-refractivity contribution is -0.117. The molecule has 24 heavy (non-hydrogen) atoms. The minimum absolute atomic E-state index is 0.169. The Balaban J connectivity index is 2.18. The van der Waals surface area contributed by atoms with Crippen molar-refractivity contribution in [2.24, 2.45) is 12.8 Å². The number of hydrogen-bond acceptors (Lipinski definition) is 4. The summed E-state index contributed by atoms with van der Waals surface area (Å²) in [6, 6.07) is 7.03. The Morgan fingerprint density at radius 3 is 2.54 bits per heavy atom. The minimum Gasteiger partial charge on any atom is -0.369 e. The van der Waals surface area contributed by atoms with Gasteiger partial charge in [-0.1, -0.05) is 12.1 Å². The first-order valence-electron chi connectivity index (χ1n) is 7.65. The number of carbonyl (C=O) groups is 2. The van der Waals surface area contributed by atoms with E-state index in [1.165, 1.54) is 11.8 Å². The molecule has 128 valence electrons. The fraction of sp³-hybridized carbons (Fsp3) is 0.353. The van der Waals surface area contributed by atoms with Gasteiger partial charge in [0.2, 0.25) is 5.91 Å². The quantitative estimate of drug-likeness (QED) is 0.785. The van der Waals surface area contributed by atoms with Crippen LogP contribution in [0.25, 0.3) is 0 Å². The third-order valence-corrected chi connectivity index (χ3v) is 5.12. The molecule has 0 bridgehead atoms. The number of nitrogens with zero attached hydrogens (tertiary/aromatic N) is 2. The molecule has 0 saturated carbocycles. The molecule has 1 heterocycles. The normalized spacial score (nSPS) is 13.3. The molecule has 0 aliphatic carbocycles. The average molecular weight is 346 g/mol. The monoisotopic (exact) mass is 346 g/mol. The van der Waals surface area contributed by atoms with Crippen LogP contribution in [-0.2, 0) is 11.8 Å². The van der Waals surface area contributed by atoms with Crippen molar-refractivity contribution in [3.63, 3.8) is 0 Å². The van der Waals surface area contributed by atoms with Crippen LogP contribution in [0, 0.1) is 6.92 Å². The highest BCUT2D eigenvalue weighted by Crippen LogP contribution is 2.27. The van der Waals surface area contributed by atoms with Gasteiger partial charge in [-0.25, -0.2) is 0 Å². The molecule has 2 atom stereocenters. The molecule has 0 unspecified atom stereocenters. The summed E-state index contributed by atoms with van der Waals surface area (Å²) in [6.45, 7) is 5.61. The van der Waals surface area contributed by atoms with Crippen LogP contribution in [0.2, 0.25) is 0 Å². The van der Waals surface area contributed by atoms with Crippen LogP contribution in [0.1, 0.15) is 41.5 Å². The van der Waals surface area contributed by atoms with E-state index in [1.54, 1.807) is 29.9 Å². The van der Waals surface area contributed by atoms with Gasteiger partial charge in [0.1, 0.15) is 0 Å². The molecule has 2 rings (SSSR count). The zero-order valence-corrected chi connectivity index (χ0v) is 15.1. The van der Waals surface area contributed by atoms with Crippen LogP contribution in [0.15, 0.2) is 35.4 Å². The van der Waals surface area contributed by atoms with Gasteiger partial charge in [-0.15, -0.1) is 11.8 Å². The largest absolute Gasteiger partial charge is 0.369 e. The summed E-state index contributed by atoms with van der Waals surface area (Å²) >= 11 is 1.28. The number of aryl methyl sites for hydroxylation is 1. The molecule has 0 radical (unpaired) electrons. The second-order valence-corrected chi connectivity index (χ2v) is 7.05. The molecule has 0 saturated heterocycles. The molecule has 7 heteroatoms. The summed E-state index contributed by atoms with van der Waals surface area (Å²) in [5.74, 6) is -0.597. The van der Waals surface area contributed by atoms with Crippen molar-refractivity contribution in [2.75, 3.05) is 0 Å². The molecule has 1 aromatic heterocycles. The highest BCUT2D eigenvalue weighted by molar-refractivity contribution is 8.00. The smallest absolute Gasteiger partial charge is 0.252 e. The number of rotatable bonds is 6. The Morgan fingerprint density at radius 1 is 1.29 bits per heavy atom. The first kappa shape index (κ1) is 18.1. The van der Waals surface area contributed by atoms with Crippen molar-refractivity contribution in [1.82, 2.24) is 15.1 Å². The summed E-state index contributed by atoms with van der Waals surface area (Å²) in [7, 11) is 1.87. The molecule has 0 fully saturated rings. The molecular weight excluding hydrogens is 324 g/mol.